The van der Waals surface area contributed by atoms with Crippen LogP contribution in [0.15, 0.2) is 73.1 Å². The standard InChI is InChI=1S/C26H26FN3O3/c27-22-10-3-4-11-24(22)33-16-6-12-25(31)30-15-14-29-26(32)23(30)17-19-7-1-2-9-21(19)20-8-5-13-28-18-20/h1-5,7-11,13,18,23H,6,12,14-17H2,(H,29,32)/t23-/m1/s1. The van der Waals surface area contributed by atoms with Gasteiger partial charge in [0.2, 0.25) is 11.8 Å². The lowest BCUT2D eigenvalue weighted by Gasteiger charge is -2.35. The van der Waals surface area contributed by atoms with Crippen molar-refractivity contribution in [3.63, 3.8) is 0 Å². The number of amides is 2. The highest BCUT2D eigenvalue weighted by Gasteiger charge is 2.33. The second kappa shape index (κ2) is 10.7. The third-order valence-corrected chi connectivity index (χ3v) is 5.68. The second-order valence-electron chi connectivity index (χ2n) is 7.88. The zero-order valence-corrected chi connectivity index (χ0v) is 18.2. The maximum Gasteiger partial charge on any atom is 0.243 e. The van der Waals surface area contributed by atoms with Crippen LogP contribution in [0.25, 0.3) is 11.1 Å². The van der Waals surface area contributed by atoms with Crippen LogP contribution in [0.5, 0.6) is 5.75 Å². The summed E-state index contributed by atoms with van der Waals surface area (Å²) in [5, 5.41) is 2.88. The van der Waals surface area contributed by atoms with Crippen molar-refractivity contribution in [2.75, 3.05) is 19.7 Å². The Balaban J connectivity index is 1.42. The number of nitrogens with one attached hydrogen (secondary N) is 1. The molecule has 0 unspecified atom stereocenters. The lowest BCUT2D eigenvalue weighted by atomic mass is 9.94. The summed E-state index contributed by atoms with van der Waals surface area (Å²) < 4.78 is 19.1. The predicted molar refractivity (Wildman–Crippen MR) is 123 cm³/mol. The minimum atomic E-state index is -0.587. The Bertz CT molecular complexity index is 1110. The molecular weight excluding hydrogens is 421 g/mol. The fourth-order valence-corrected chi connectivity index (χ4v) is 4.04. The molecule has 3 aromatic rings. The number of piperazine rings is 1. The van der Waals surface area contributed by atoms with Crippen LogP contribution in [-0.2, 0) is 16.0 Å². The maximum absolute atomic E-state index is 13.7. The van der Waals surface area contributed by atoms with Crippen molar-refractivity contribution in [1.29, 1.82) is 0 Å². The van der Waals surface area contributed by atoms with Gasteiger partial charge in [-0.05, 0) is 35.7 Å². The van der Waals surface area contributed by atoms with E-state index in [4.69, 9.17) is 4.74 Å². The molecule has 1 N–H and O–H groups in total. The number of carbonyl (C=O) groups is 2. The first-order valence-electron chi connectivity index (χ1n) is 11.1. The van der Waals surface area contributed by atoms with Crippen LogP contribution in [0.1, 0.15) is 18.4 Å². The molecule has 170 valence electrons. The highest BCUT2D eigenvalue weighted by molar-refractivity contribution is 5.89. The van der Waals surface area contributed by atoms with Crippen LogP contribution in [0.4, 0.5) is 4.39 Å². The Morgan fingerprint density at radius 1 is 1.12 bits per heavy atom. The normalized spacial score (nSPS) is 15.7. The van der Waals surface area contributed by atoms with Crippen molar-refractivity contribution in [1.82, 2.24) is 15.2 Å². The highest BCUT2D eigenvalue weighted by Crippen LogP contribution is 2.25. The van der Waals surface area contributed by atoms with Gasteiger partial charge in [0.25, 0.3) is 0 Å². The van der Waals surface area contributed by atoms with Crippen LogP contribution in [0.2, 0.25) is 0 Å². The van der Waals surface area contributed by atoms with Crippen molar-refractivity contribution < 1.29 is 18.7 Å². The third kappa shape index (κ3) is 5.55. The summed E-state index contributed by atoms with van der Waals surface area (Å²) in [5.74, 6) is -0.514. The van der Waals surface area contributed by atoms with E-state index in [2.05, 4.69) is 10.3 Å². The summed E-state index contributed by atoms with van der Waals surface area (Å²) in [6, 6.07) is 17.3. The lowest BCUT2D eigenvalue weighted by molar-refractivity contribution is -0.143. The Hall–Kier alpha value is -3.74. The fraction of sp³-hybridized carbons (Fsp3) is 0.269. The minimum Gasteiger partial charge on any atom is -0.491 e. The van der Waals surface area contributed by atoms with Crippen molar-refractivity contribution in [2.45, 2.75) is 25.3 Å². The summed E-state index contributed by atoms with van der Waals surface area (Å²) in [5.41, 5.74) is 2.94. The molecule has 4 rings (SSSR count). The molecule has 1 aliphatic rings. The molecular formula is C26H26FN3O3. The van der Waals surface area contributed by atoms with Gasteiger partial charge in [-0.3, -0.25) is 14.6 Å². The van der Waals surface area contributed by atoms with Gasteiger partial charge >= 0.3 is 0 Å². The molecule has 33 heavy (non-hydrogen) atoms. The number of halogens is 1. The van der Waals surface area contributed by atoms with E-state index in [9.17, 15) is 14.0 Å². The molecule has 2 amide bonds. The van der Waals surface area contributed by atoms with E-state index in [-0.39, 0.29) is 30.6 Å². The molecule has 0 bridgehead atoms. The number of carbonyl (C=O) groups excluding carboxylic acids is 2. The topological polar surface area (TPSA) is 71.5 Å². The van der Waals surface area contributed by atoms with Crippen LogP contribution in [0, 0.1) is 5.82 Å². The first-order chi connectivity index (χ1) is 16.1. The first-order valence-corrected chi connectivity index (χ1v) is 11.1. The molecule has 0 aliphatic carbocycles. The van der Waals surface area contributed by atoms with Crippen molar-refractivity contribution in [3.05, 3.63) is 84.4 Å². The molecule has 2 aromatic carbocycles. The number of hydrogen-bond acceptors (Lipinski definition) is 4. The second-order valence-corrected chi connectivity index (χ2v) is 7.88. The van der Waals surface area contributed by atoms with E-state index in [1.807, 2.05) is 36.4 Å². The molecule has 0 saturated carbocycles. The molecule has 1 aliphatic heterocycles. The molecule has 2 heterocycles. The Kier molecular flexibility index (Phi) is 7.29. The number of hydrogen-bond donors (Lipinski definition) is 1. The zero-order chi connectivity index (χ0) is 23.0. The van der Waals surface area contributed by atoms with Gasteiger partial charge in [0.1, 0.15) is 6.04 Å². The fourth-order valence-electron chi connectivity index (χ4n) is 4.04. The largest absolute Gasteiger partial charge is 0.491 e. The molecule has 7 heteroatoms. The van der Waals surface area contributed by atoms with Gasteiger partial charge in [0, 0.05) is 43.9 Å². The van der Waals surface area contributed by atoms with E-state index >= 15 is 0 Å². The monoisotopic (exact) mass is 447 g/mol. The van der Waals surface area contributed by atoms with Gasteiger partial charge in [0.05, 0.1) is 6.61 Å². The molecule has 6 nitrogen and oxygen atoms in total. The Labute approximate surface area is 192 Å². The molecule has 1 saturated heterocycles. The number of aromatic nitrogens is 1. The number of ether oxygens (including phenoxy) is 1. The predicted octanol–water partition coefficient (Wildman–Crippen LogP) is 3.62. The summed E-state index contributed by atoms with van der Waals surface area (Å²) >= 11 is 0. The minimum absolute atomic E-state index is 0.106. The Morgan fingerprint density at radius 3 is 2.76 bits per heavy atom. The van der Waals surface area contributed by atoms with Crippen molar-refractivity contribution >= 4 is 11.8 Å². The van der Waals surface area contributed by atoms with E-state index in [0.717, 1.165) is 16.7 Å². The van der Waals surface area contributed by atoms with Crippen molar-refractivity contribution in [2.24, 2.45) is 0 Å². The number of para-hydroxylation sites is 1. The van der Waals surface area contributed by atoms with Gasteiger partial charge in [-0.15, -0.1) is 0 Å². The number of nitrogens with zero attached hydrogens (tertiary/aromatic N) is 2. The van der Waals surface area contributed by atoms with Gasteiger partial charge in [-0.2, -0.15) is 0 Å². The third-order valence-electron chi connectivity index (χ3n) is 5.68. The quantitative estimate of drug-likeness (QED) is 0.536. The SMILES string of the molecule is O=C1NCCN(C(=O)CCCOc2ccccc2F)[C@@H]1Cc1ccccc1-c1cccnc1. The zero-order valence-electron chi connectivity index (χ0n) is 18.2. The van der Waals surface area contributed by atoms with E-state index < -0.39 is 11.9 Å². The maximum atomic E-state index is 13.7. The average Bonchev–Trinajstić information content (AvgIpc) is 2.85. The van der Waals surface area contributed by atoms with Crippen LogP contribution < -0.4 is 10.1 Å². The summed E-state index contributed by atoms with van der Waals surface area (Å²) in [4.78, 5) is 31.6. The van der Waals surface area contributed by atoms with E-state index in [0.29, 0.717) is 25.9 Å². The lowest BCUT2D eigenvalue weighted by Crippen LogP contribution is -2.58. The number of benzene rings is 2. The van der Waals surface area contributed by atoms with Crippen LogP contribution >= 0.6 is 0 Å². The number of rotatable bonds is 8. The molecule has 1 atom stereocenters. The number of pyridine rings is 1. The summed E-state index contributed by atoms with van der Waals surface area (Å²) in [6.07, 6.45) is 4.58. The average molecular weight is 448 g/mol. The van der Waals surface area contributed by atoms with Crippen LogP contribution in [-0.4, -0.2) is 47.4 Å². The van der Waals surface area contributed by atoms with Gasteiger partial charge < -0.3 is 15.0 Å². The molecule has 1 fully saturated rings. The van der Waals surface area contributed by atoms with Gasteiger partial charge in [-0.25, -0.2) is 4.39 Å². The van der Waals surface area contributed by atoms with Gasteiger partial charge in [-0.1, -0.05) is 42.5 Å². The van der Waals surface area contributed by atoms with Gasteiger partial charge in [0.15, 0.2) is 11.6 Å². The summed E-state index contributed by atoms with van der Waals surface area (Å²) in [7, 11) is 0. The molecule has 1 aromatic heterocycles. The van der Waals surface area contributed by atoms with Crippen molar-refractivity contribution in [3.8, 4) is 16.9 Å². The highest BCUT2D eigenvalue weighted by atomic mass is 19.1. The summed E-state index contributed by atoms with van der Waals surface area (Å²) in [6.45, 7) is 1.11. The van der Waals surface area contributed by atoms with Crippen LogP contribution in [0.3, 0.4) is 0 Å². The van der Waals surface area contributed by atoms with E-state index in [1.165, 1.54) is 6.07 Å². The molecule has 0 spiro atoms. The first kappa shape index (κ1) is 22.5. The van der Waals surface area contributed by atoms with E-state index in [1.54, 1.807) is 35.5 Å². The smallest absolute Gasteiger partial charge is 0.243 e. The molecule has 0 radical (unpaired) electrons. The Morgan fingerprint density at radius 2 is 1.94 bits per heavy atom.